The van der Waals surface area contributed by atoms with Crippen LogP contribution in [0.25, 0.3) is 23.0 Å². The van der Waals surface area contributed by atoms with Gasteiger partial charge in [-0.15, -0.1) is 0 Å². The van der Waals surface area contributed by atoms with Gasteiger partial charge in [0.15, 0.2) is 5.69 Å². The van der Waals surface area contributed by atoms with Gasteiger partial charge in [-0.25, -0.2) is 0 Å². The Balaban J connectivity index is 1.38. The first-order valence-corrected chi connectivity index (χ1v) is 11.8. The Morgan fingerprint density at radius 1 is 1.30 bits per heavy atom. The molecule has 0 saturated heterocycles. The zero-order valence-electron chi connectivity index (χ0n) is 19.5. The lowest BCUT2D eigenvalue weighted by Crippen LogP contribution is -2.37. The fourth-order valence-corrected chi connectivity index (χ4v) is 5.17. The molecule has 2 aliphatic rings. The molecule has 8 heteroatoms. The van der Waals surface area contributed by atoms with E-state index in [1.807, 2.05) is 6.07 Å². The molecule has 1 atom stereocenters. The lowest BCUT2D eigenvalue weighted by atomic mass is 9.76. The average molecular weight is 450 g/mol. The number of aliphatic carboxylic acids is 1. The van der Waals surface area contributed by atoms with E-state index in [1.54, 1.807) is 0 Å². The van der Waals surface area contributed by atoms with Crippen LogP contribution >= 0.6 is 0 Å². The van der Waals surface area contributed by atoms with Crippen molar-refractivity contribution in [1.29, 1.82) is 0 Å². The van der Waals surface area contributed by atoms with Crippen molar-refractivity contribution in [2.24, 2.45) is 5.41 Å². The minimum atomic E-state index is -0.821. The van der Waals surface area contributed by atoms with E-state index in [9.17, 15) is 4.79 Å². The van der Waals surface area contributed by atoms with Crippen molar-refractivity contribution < 1.29 is 14.4 Å². The van der Waals surface area contributed by atoms with Gasteiger partial charge in [0.25, 0.3) is 5.89 Å². The molecule has 0 amide bonds. The van der Waals surface area contributed by atoms with Gasteiger partial charge in [-0.1, -0.05) is 31.1 Å². The minimum Gasteiger partial charge on any atom is -0.480 e. The number of carboxylic acids is 1. The highest BCUT2D eigenvalue weighted by atomic mass is 16.5. The van der Waals surface area contributed by atoms with Crippen LogP contribution in [0.15, 0.2) is 22.7 Å². The molecule has 1 aromatic carbocycles. The molecule has 0 bridgehead atoms. The molecule has 0 fully saturated rings. The van der Waals surface area contributed by atoms with E-state index in [0.29, 0.717) is 11.7 Å². The maximum absolute atomic E-state index is 10.8. The van der Waals surface area contributed by atoms with Gasteiger partial charge in [0.2, 0.25) is 5.82 Å². The van der Waals surface area contributed by atoms with Gasteiger partial charge in [-0.2, -0.15) is 10.1 Å². The van der Waals surface area contributed by atoms with Crippen LogP contribution in [0.3, 0.4) is 0 Å². The molecule has 0 spiro atoms. The zero-order valence-corrected chi connectivity index (χ0v) is 19.5. The average Bonchev–Trinajstić information content (AvgIpc) is 3.41. The summed E-state index contributed by atoms with van der Waals surface area (Å²) in [6, 6.07) is 6.46. The predicted octanol–water partition coefficient (Wildman–Crippen LogP) is 3.67. The van der Waals surface area contributed by atoms with E-state index in [-0.39, 0.29) is 18.0 Å². The second-order valence-corrected chi connectivity index (χ2v) is 10.1. The number of nitrogens with one attached hydrogen (secondary N) is 1. The molecule has 2 N–H and O–H groups in total. The number of aromatic nitrogens is 4. The third kappa shape index (κ3) is 4.31. The summed E-state index contributed by atoms with van der Waals surface area (Å²) >= 11 is 0. The van der Waals surface area contributed by atoms with Crippen molar-refractivity contribution in [3.05, 3.63) is 40.6 Å². The number of carbonyl (C=O) groups is 1. The maximum atomic E-state index is 10.8. The highest BCUT2D eigenvalue weighted by Crippen LogP contribution is 2.39. The van der Waals surface area contributed by atoms with E-state index in [1.165, 1.54) is 22.4 Å². The Bertz CT molecular complexity index is 1190. The number of benzene rings is 1. The van der Waals surface area contributed by atoms with Gasteiger partial charge in [0.1, 0.15) is 0 Å². The lowest BCUT2D eigenvalue weighted by molar-refractivity contribution is -0.136. The molecular weight excluding hydrogens is 418 g/mol. The van der Waals surface area contributed by atoms with Crippen molar-refractivity contribution in [2.45, 2.75) is 71.9 Å². The fraction of sp³-hybridized carbons (Fsp3) is 0.520. The molecule has 5 rings (SSSR count). The molecular formula is C25H31N5O3. The molecule has 1 unspecified atom stereocenters. The minimum absolute atomic E-state index is 0.00128. The van der Waals surface area contributed by atoms with Gasteiger partial charge < -0.3 is 14.9 Å². The Kier molecular flexibility index (Phi) is 5.56. The maximum Gasteiger partial charge on any atom is 0.317 e. The van der Waals surface area contributed by atoms with Gasteiger partial charge in [-0.05, 0) is 68.1 Å². The summed E-state index contributed by atoms with van der Waals surface area (Å²) in [6.45, 7) is 7.57. The van der Waals surface area contributed by atoms with Crippen LogP contribution < -0.4 is 5.32 Å². The predicted molar refractivity (Wildman–Crippen MR) is 124 cm³/mol. The highest BCUT2D eigenvalue weighted by Gasteiger charge is 2.32. The summed E-state index contributed by atoms with van der Waals surface area (Å²) in [6.07, 6.45) is 5.75. The van der Waals surface area contributed by atoms with E-state index in [0.717, 1.165) is 56.3 Å². The summed E-state index contributed by atoms with van der Waals surface area (Å²) in [5.74, 6) is 0.247. The Hall–Kier alpha value is -3.00. The number of hydrogen-bond acceptors (Lipinski definition) is 6. The summed E-state index contributed by atoms with van der Waals surface area (Å²) in [4.78, 5) is 15.6. The largest absolute Gasteiger partial charge is 0.480 e. The van der Waals surface area contributed by atoms with Gasteiger partial charge in [0, 0.05) is 29.4 Å². The van der Waals surface area contributed by atoms with E-state index >= 15 is 0 Å². The van der Waals surface area contributed by atoms with Crippen molar-refractivity contribution in [3.63, 3.8) is 0 Å². The first kappa shape index (κ1) is 21.8. The molecule has 0 radical (unpaired) electrons. The summed E-state index contributed by atoms with van der Waals surface area (Å²) < 4.78 is 7.78. The molecule has 3 aromatic rings. The second-order valence-electron chi connectivity index (χ2n) is 10.1. The van der Waals surface area contributed by atoms with Crippen molar-refractivity contribution in [1.82, 2.24) is 25.2 Å². The lowest BCUT2D eigenvalue weighted by Gasteiger charge is -2.30. The zero-order chi connectivity index (χ0) is 23.2. The third-order valence-corrected chi connectivity index (χ3v) is 7.03. The standard InChI is InChI=1S/C25H31N5O3/c1-4-30-20-13-25(2,3)10-9-19(20)22(28-30)24-27-23(29-33-24)17-6-5-16-12-18(26-14-21(31)32)8-7-15(16)11-17/h5-6,11,18,26H,4,7-10,12-14H2,1-3H3,(H,31,32). The summed E-state index contributed by atoms with van der Waals surface area (Å²) in [5.41, 5.74) is 7.09. The first-order valence-electron chi connectivity index (χ1n) is 11.8. The first-order chi connectivity index (χ1) is 15.8. The molecule has 33 heavy (non-hydrogen) atoms. The fourth-order valence-electron chi connectivity index (χ4n) is 5.17. The third-order valence-electron chi connectivity index (χ3n) is 7.03. The molecule has 8 nitrogen and oxygen atoms in total. The normalized spacial score (nSPS) is 19.2. The topological polar surface area (TPSA) is 106 Å². The van der Waals surface area contributed by atoms with Crippen LogP contribution in [0.1, 0.15) is 56.0 Å². The molecule has 0 saturated carbocycles. The molecule has 0 aliphatic heterocycles. The van der Waals surface area contributed by atoms with Crippen molar-refractivity contribution in [2.75, 3.05) is 6.54 Å². The number of carboxylic acid groups (broad SMARTS) is 1. The van der Waals surface area contributed by atoms with E-state index in [4.69, 9.17) is 19.7 Å². The molecule has 2 aromatic heterocycles. The molecule has 2 heterocycles. The summed E-state index contributed by atoms with van der Waals surface area (Å²) in [5, 5.41) is 21.1. The van der Waals surface area contributed by atoms with Crippen LogP contribution in [0.2, 0.25) is 0 Å². The SMILES string of the molecule is CCn1nc(-c2nc(-c3ccc4c(c3)CCC(NCC(=O)O)C4)no2)c2c1CC(C)(C)CC2. The number of nitrogens with zero attached hydrogens (tertiary/aromatic N) is 4. The Labute approximate surface area is 193 Å². The van der Waals surface area contributed by atoms with Crippen LogP contribution in [-0.2, 0) is 37.0 Å². The van der Waals surface area contributed by atoms with Crippen LogP contribution in [0.5, 0.6) is 0 Å². The Morgan fingerprint density at radius 2 is 2.15 bits per heavy atom. The van der Waals surface area contributed by atoms with Gasteiger partial charge in [0.05, 0.1) is 6.54 Å². The molecule has 174 valence electrons. The van der Waals surface area contributed by atoms with Gasteiger partial charge >= 0.3 is 5.97 Å². The number of rotatable bonds is 6. The second kappa shape index (κ2) is 8.41. The quantitative estimate of drug-likeness (QED) is 0.591. The van der Waals surface area contributed by atoms with Gasteiger partial charge in [-0.3, -0.25) is 9.48 Å². The smallest absolute Gasteiger partial charge is 0.317 e. The number of aryl methyl sites for hydroxylation is 2. The summed E-state index contributed by atoms with van der Waals surface area (Å²) in [7, 11) is 0. The van der Waals surface area contributed by atoms with Crippen LogP contribution in [0.4, 0.5) is 0 Å². The van der Waals surface area contributed by atoms with E-state index < -0.39 is 5.97 Å². The highest BCUT2D eigenvalue weighted by molar-refractivity contribution is 5.69. The van der Waals surface area contributed by atoms with E-state index in [2.05, 4.69) is 48.1 Å². The van der Waals surface area contributed by atoms with Crippen molar-refractivity contribution >= 4 is 5.97 Å². The number of hydrogen-bond donors (Lipinski definition) is 2. The van der Waals surface area contributed by atoms with Crippen LogP contribution in [-0.4, -0.2) is 43.6 Å². The monoisotopic (exact) mass is 449 g/mol. The van der Waals surface area contributed by atoms with Crippen LogP contribution in [0, 0.1) is 5.41 Å². The Morgan fingerprint density at radius 3 is 2.94 bits per heavy atom. The number of fused-ring (bicyclic) bond motifs is 2. The molecule has 2 aliphatic carbocycles. The van der Waals surface area contributed by atoms with Crippen molar-refractivity contribution in [3.8, 4) is 23.0 Å².